The molecule has 0 radical (unpaired) electrons. The third kappa shape index (κ3) is 11.7. The Kier molecular flexibility index (Phi) is 11.3. The van der Waals surface area contributed by atoms with Crippen LogP contribution in [0, 0.1) is 0 Å². The molecule has 2 nitrogen and oxygen atoms in total. The minimum atomic E-state index is -0.401. The molecular weight excluding hydrogens is 344 g/mol. The lowest BCUT2D eigenvalue weighted by Crippen LogP contribution is -2.42. The van der Waals surface area contributed by atoms with E-state index in [-0.39, 0.29) is 0 Å². The Bertz CT molecular complexity index is 175. The van der Waals surface area contributed by atoms with Gasteiger partial charge in [-0.15, -0.1) is 0 Å². The summed E-state index contributed by atoms with van der Waals surface area (Å²) >= 11 is 7.14. The molecule has 0 aliphatic carbocycles. The van der Waals surface area contributed by atoms with E-state index in [9.17, 15) is 0 Å². The Balaban J connectivity index is 3.36. The normalized spacial score (nSPS) is 16.8. The lowest BCUT2D eigenvalue weighted by Gasteiger charge is -2.23. The summed E-state index contributed by atoms with van der Waals surface area (Å²) in [7, 11) is 0. The van der Waals surface area contributed by atoms with Crippen molar-refractivity contribution in [1.82, 2.24) is 0 Å². The topological polar surface area (TPSA) is 52.0 Å². The highest BCUT2D eigenvalue weighted by molar-refractivity contribution is 9.10. The maximum absolute atomic E-state index is 5.96. The summed E-state index contributed by atoms with van der Waals surface area (Å²) in [5, 5.41) is 0. The van der Waals surface area contributed by atoms with Crippen molar-refractivity contribution < 1.29 is 0 Å². The molecule has 0 spiro atoms. The van der Waals surface area contributed by atoms with Gasteiger partial charge in [-0.25, -0.2) is 0 Å². The molecule has 0 aromatic carbocycles. The van der Waals surface area contributed by atoms with Crippen LogP contribution in [0.5, 0.6) is 0 Å². The van der Waals surface area contributed by atoms with Gasteiger partial charge in [0.05, 0.1) is 4.45 Å². The zero-order chi connectivity index (χ0) is 13.1. The van der Waals surface area contributed by atoms with Crippen LogP contribution in [0.3, 0.4) is 0 Å². The second-order valence-electron chi connectivity index (χ2n) is 4.95. The molecule has 0 saturated heterocycles. The van der Waals surface area contributed by atoms with Gasteiger partial charge >= 0.3 is 0 Å². The van der Waals surface area contributed by atoms with Gasteiger partial charge in [0.2, 0.25) is 0 Å². The largest absolute Gasteiger partial charge is 0.328 e. The van der Waals surface area contributed by atoms with Gasteiger partial charge in [0, 0.05) is 11.4 Å². The Morgan fingerprint density at radius 1 is 1.06 bits per heavy atom. The fourth-order valence-electron chi connectivity index (χ4n) is 1.88. The van der Waals surface area contributed by atoms with Crippen molar-refractivity contribution in [3.63, 3.8) is 0 Å². The van der Waals surface area contributed by atoms with E-state index in [0.29, 0.717) is 11.4 Å². The molecule has 104 valence electrons. The van der Waals surface area contributed by atoms with Crippen molar-refractivity contribution >= 4 is 31.9 Å². The third-order valence-corrected chi connectivity index (χ3v) is 4.45. The van der Waals surface area contributed by atoms with Crippen molar-refractivity contribution in [3.8, 4) is 0 Å². The number of unbranched alkanes of at least 4 members (excludes halogenated alkanes) is 6. The maximum atomic E-state index is 5.96. The summed E-state index contributed by atoms with van der Waals surface area (Å²) in [5.41, 5.74) is 11.5. The van der Waals surface area contributed by atoms with Crippen molar-refractivity contribution in [3.05, 3.63) is 0 Å². The summed E-state index contributed by atoms with van der Waals surface area (Å²) < 4.78 is -0.401. The maximum Gasteiger partial charge on any atom is 0.0851 e. The van der Waals surface area contributed by atoms with Crippen LogP contribution in [0.4, 0.5) is 0 Å². The molecule has 0 amide bonds. The number of alkyl halides is 2. The highest BCUT2D eigenvalue weighted by Crippen LogP contribution is 2.24. The number of halogens is 2. The average Bonchev–Trinajstić information content (AvgIpc) is 2.27. The van der Waals surface area contributed by atoms with E-state index in [1.165, 1.54) is 51.4 Å². The molecular formula is C13H28Br2N2. The van der Waals surface area contributed by atoms with E-state index in [0.717, 1.165) is 6.42 Å². The van der Waals surface area contributed by atoms with Crippen LogP contribution in [-0.4, -0.2) is 15.8 Å². The molecule has 4 heteroatoms. The Hall–Kier alpha value is 0.880. The highest BCUT2D eigenvalue weighted by Gasteiger charge is 2.22. The van der Waals surface area contributed by atoms with Crippen molar-refractivity contribution in [2.75, 3.05) is 6.54 Å². The molecule has 0 bridgehead atoms. The van der Waals surface area contributed by atoms with Crippen molar-refractivity contribution in [2.45, 2.75) is 74.0 Å². The second kappa shape index (κ2) is 10.8. The Morgan fingerprint density at radius 3 is 2.12 bits per heavy atom. The highest BCUT2D eigenvalue weighted by atomic mass is 79.9. The van der Waals surface area contributed by atoms with Gasteiger partial charge in [-0.3, -0.25) is 0 Å². The summed E-state index contributed by atoms with van der Waals surface area (Å²) in [4.78, 5) is 0.478. The molecule has 0 aromatic rings. The van der Waals surface area contributed by atoms with Crippen LogP contribution in [0.25, 0.3) is 0 Å². The van der Waals surface area contributed by atoms with E-state index in [1.54, 1.807) is 0 Å². The van der Waals surface area contributed by atoms with Gasteiger partial charge in [-0.1, -0.05) is 83.7 Å². The molecule has 17 heavy (non-hydrogen) atoms. The van der Waals surface area contributed by atoms with Crippen LogP contribution in [-0.2, 0) is 0 Å². The predicted molar refractivity (Wildman–Crippen MR) is 84.8 cm³/mol. The smallest absolute Gasteiger partial charge is 0.0851 e. The number of hydrogen-bond acceptors (Lipinski definition) is 2. The van der Waals surface area contributed by atoms with Crippen LogP contribution in [0.2, 0.25) is 0 Å². The molecule has 4 N–H and O–H groups in total. The van der Waals surface area contributed by atoms with Gasteiger partial charge in [0.25, 0.3) is 0 Å². The van der Waals surface area contributed by atoms with Gasteiger partial charge < -0.3 is 11.5 Å². The Labute approximate surface area is 124 Å². The zero-order valence-corrected chi connectivity index (χ0v) is 14.2. The van der Waals surface area contributed by atoms with E-state index in [2.05, 4.69) is 38.8 Å². The lowest BCUT2D eigenvalue weighted by molar-refractivity contribution is 0.523. The minimum absolute atomic E-state index is 0.401. The van der Waals surface area contributed by atoms with E-state index < -0.39 is 4.45 Å². The fraction of sp³-hybridized carbons (Fsp3) is 1.00. The van der Waals surface area contributed by atoms with E-state index >= 15 is 0 Å². The molecule has 0 fully saturated rings. The quantitative estimate of drug-likeness (QED) is 0.323. The summed E-state index contributed by atoms with van der Waals surface area (Å²) in [5.74, 6) is 0. The number of hydrogen-bond donors (Lipinski definition) is 2. The van der Waals surface area contributed by atoms with E-state index in [1.807, 2.05) is 0 Å². The first-order valence-electron chi connectivity index (χ1n) is 6.83. The molecule has 0 rings (SSSR count). The number of rotatable bonds is 11. The molecule has 0 aromatic heterocycles. The molecule has 0 aliphatic rings. The molecule has 2 atom stereocenters. The summed E-state index contributed by atoms with van der Waals surface area (Å²) in [6, 6.07) is 0. The number of nitrogens with two attached hydrogens (primary N) is 2. The summed E-state index contributed by atoms with van der Waals surface area (Å²) in [6.45, 7) is 2.73. The first-order chi connectivity index (χ1) is 8.02. The zero-order valence-electron chi connectivity index (χ0n) is 11.1. The lowest BCUT2D eigenvalue weighted by atomic mass is 10.0. The molecule has 0 aliphatic heterocycles. The van der Waals surface area contributed by atoms with Gasteiger partial charge in [-0.05, 0) is 12.8 Å². The average molecular weight is 372 g/mol. The predicted octanol–water partition coefficient (Wildman–Crippen LogP) is 4.29. The molecule has 2 unspecified atom stereocenters. The van der Waals surface area contributed by atoms with Crippen LogP contribution in [0.15, 0.2) is 0 Å². The monoisotopic (exact) mass is 370 g/mol. The van der Waals surface area contributed by atoms with Crippen LogP contribution < -0.4 is 11.5 Å². The SMILES string of the molecule is CCCCCCCCCC(Br)CC(N)(Br)CN. The first-order valence-corrected chi connectivity index (χ1v) is 8.54. The second-order valence-corrected chi connectivity index (χ2v) is 7.82. The Morgan fingerprint density at radius 2 is 1.59 bits per heavy atom. The van der Waals surface area contributed by atoms with Gasteiger partial charge in [0.1, 0.15) is 0 Å². The van der Waals surface area contributed by atoms with E-state index in [4.69, 9.17) is 11.5 Å². The van der Waals surface area contributed by atoms with Crippen LogP contribution >= 0.6 is 31.9 Å². The van der Waals surface area contributed by atoms with Crippen molar-refractivity contribution in [1.29, 1.82) is 0 Å². The third-order valence-electron chi connectivity index (χ3n) is 3.02. The van der Waals surface area contributed by atoms with Gasteiger partial charge in [0.15, 0.2) is 0 Å². The van der Waals surface area contributed by atoms with Crippen molar-refractivity contribution in [2.24, 2.45) is 11.5 Å². The standard InChI is InChI=1S/C13H28Br2N2/c1-2-3-4-5-6-7-8-9-12(14)10-13(15,17)11-16/h12H,2-11,16-17H2,1H3. The molecule has 0 heterocycles. The minimum Gasteiger partial charge on any atom is -0.328 e. The summed E-state index contributed by atoms with van der Waals surface area (Å²) in [6.07, 6.45) is 11.6. The fourth-order valence-corrected chi connectivity index (χ4v) is 3.60. The van der Waals surface area contributed by atoms with Crippen LogP contribution in [0.1, 0.15) is 64.7 Å². The molecule has 0 saturated carbocycles. The first kappa shape index (κ1) is 17.9. The van der Waals surface area contributed by atoms with Gasteiger partial charge in [-0.2, -0.15) is 0 Å².